The van der Waals surface area contributed by atoms with E-state index in [4.69, 9.17) is 4.74 Å². The molecule has 4 heteroatoms. The van der Waals surface area contributed by atoms with Crippen LogP contribution in [0.3, 0.4) is 0 Å². The number of nitrogens with zero attached hydrogens (tertiary/aromatic N) is 2. The second kappa shape index (κ2) is 5.00. The molecule has 3 fully saturated rings. The number of Topliss-reactive ketones (excluding diaryl/α,β-unsaturated/α-hetero) is 1. The monoisotopic (exact) mass is 340 g/mol. The first-order chi connectivity index (χ1) is 12.1. The van der Waals surface area contributed by atoms with Gasteiger partial charge in [-0.3, -0.25) is 9.69 Å². The van der Waals surface area contributed by atoms with Crippen molar-refractivity contribution in [2.45, 2.75) is 56.5 Å². The number of benzene rings is 1. The molecule has 134 valence electrons. The highest BCUT2D eigenvalue weighted by Gasteiger charge is 2.70. The van der Waals surface area contributed by atoms with Gasteiger partial charge in [-0.05, 0) is 50.4 Å². The molecule has 0 bridgehead atoms. The van der Waals surface area contributed by atoms with Gasteiger partial charge in [0.1, 0.15) is 11.5 Å². The minimum atomic E-state index is -0.131. The zero-order valence-corrected chi connectivity index (χ0v) is 15.5. The molecular formula is C21H28N2O2. The van der Waals surface area contributed by atoms with Crippen LogP contribution in [0.25, 0.3) is 0 Å². The van der Waals surface area contributed by atoms with Gasteiger partial charge in [-0.15, -0.1) is 0 Å². The van der Waals surface area contributed by atoms with Crippen LogP contribution in [0.1, 0.15) is 44.6 Å². The van der Waals surface area contributed by atoms with E-state index in [1.165, 1.54) is 24.1 Å². The molecule has 4 nitrogen and oxygen atoms in total. The molecule has 5 rings (SSSR count). The minimum Gasteiger partial charge on any atom is -0.497 e. The van der Waals surface area contributed by atoms with Crippen molar-refractivity contribution in [3.05, 3.63) is 23.8 Å². The van der Waals surface area contributed by atoms with Crippen molar-refractivity contribution >= 4 is 11.5 Å². The number of ketones is 1. The van der Waals surface area contributed by atoms with Crippen molar-refractivity contribution in [2.75, 3.05) is 32.1 Å². The van der Waals surface area contributed by atoms with E-state index in [0.717, 1.165) is 31.7 Å². The Morgan fingerprint density at radius 2 is 2.12 bits per heavy atom. The maximum Gasteiger partial charge on any atom is 0.142 e. The number of hydrogen-bond acceptors (Lipinski definition) is 4. The standard InChI is InChI=1S/C21H28N2O2/c1-4-20-8-5-10-23-11-9-21(19(20)23)15-7-6-14(25-3)12-16(15)22(2)17(21)13-18(20)24/h6-7,12,17,19H,4-5,8-11,13H2,1-3H3/t17-,19-,20-,21-/m1/s1. The fourth-order valence-corrected chi connectivity index (χ4v) is 6.94. The van der Waals surface area contributed by atoms with Gasteiger partial charge in [0, 0.05) is 48.1 Å². The van der Waals surface area contributed by atoms with Gasteiger partial charge in [-0.2, -0.15) is 0 Å². The molecule has 1 aliphatic carbocycles. The number of rotatable bonds is 2. The first-order valence-electron chi connectivity index (χ1n) is 9.77. The molecule has 1 spiro atoms. The van der Waals surface area contributed by atoms with Gasteiger partial charge >= 0.3 is 0 Å². The van der Waals surface area contributed by atoms with Gasteiger partial charge in [-0.25, -0.2) is 0 Å². The van der Waals surface area contributed by atoms with Crippen LogP contribution < -0.4 is 9.64 Å². The highest BCUT2D eigenvalue weighted by atomic mass is 16.5. The van der Waals surface area contributed by atoms with Crippen LogP contribution in [-0.4, -0.2) is 50.0 Å². The summed E-state index contributed by atoms with van der Waals surface area (Å²) >= 11 is 0. The molecule has 2 saturated heterocycles. The molecular weight excluding hydrogens is 312 g/mol. The number of carbonyl (C=O) groups excluding carboxylic acids is 1. The summed E-state index contributed by atoms with van der Waals surface area (Å²) in [5.74, 6) is 1.42. The molecule has 0 aromatic heterocycles. The summed E-state index contributed by atoms with van der Waals surface area (Å²) in [7, 11) is 3.90. The Morgan fingerprint density at radius 1 is 1.28 bits per heavy atom. The number of carbonyl (C=O) groups is 1. The van der Waals surface area contributed by atoms with E-state index in [-0.39, 0.29) is 10.8 Å². The summed E-state index contributed by atoms with van der Waals surface area (Å²) in [5.41, 5.74) is 2.71. The third-order valence-electron chi connectivity index (χ3n) is 7.97. The van der Waals surface area contributed by atoms with Crippen LogP contribution in [-0.2, 0) is 10.2 Å². The predicted molar refractivity (Wildman–Crippen MR) is 98.4 cm³/mol. The van der Waals surface area contributed by atoms with E-state index in [1.807, 2.05) is 0 Å². The van der Waals surface area contributed by atoms with Crippen molar-refractivity contribution in [3.8, 4) is 5.75 Å². The van der Waals surface area contributed by atoms with Gasteiger partial charge in [0.2, 0.25) is 0 Å². The second-order valence-corrected chi connectivity index (χ2v) is 8.48. The SMILES string of the molecule is CC[C@@]12CCCN3CC[C@]4(c5ccc(OC)cc5N(C)[C@@H]4CC1=O)[C@H]32. The average Bonchev–Trinajstić information content (AvgIpc) is 3.15. The lowest BCUT2D eigenvalue weighted by Gasteiger charge is -2.57. The van der Waals surface area contributed by atoms with Crippen molar-refractivity contribution in [1.29, 1.82) is 0 Å². The van der Waals surface area contributed by atoms with Crippen LogP contribution in [0, 0.1) is 5.41 Å². The normalized spacial score (nSPS) is 39.2. The third-order valence-corrected chi connectivity index (χ3v) is 7.97. The van der Waals surface area contributed by atoms with Crippen molar-refractivity contribution in [3.63, 3.8) is 0 Å². The number of likely N-dealkylation sites (N-methyl/N-ethyl adjacent to an activating group) is 1. The molecule has 4 aliphatic rings. The summed E-state index contributed by atoms with van der Waals surface area (Å²) in [6.45, 7) is 4.53. The van der Waals surface area contributed by atoms with E-state index in [2.05, 4.69) is 42.0 Å². The highest BCUT2D eigenvalue weighted by Crippen LogP contribution is 2.64. The smallest absolute Gasteiger partial charge is 0.142 e. The maximum atomic E-state index is 13.4. The van der Waals surface area contributed by atoms with Crippen LogP contribution in [0.15, 0.2) is 18.2 Å². The van der Waals surface area contributed by atoms with Gasteiger partial charge < -0.3 is 9.64 Å². The van der Waals surface area contributed by atoms with Crippen LogP contribution in [0.4, 0.5) is 5.69 Å². The molecule has 0 amide bonds. The Bertz CT molecular complexity index is 747. The lowest BCUT2D eigenvalue weighted by molar-refractivity contribution is -0.144. The first kappa shape index (κ1) is 15.7. The molecule has 1 aromatic rings. The minimum absolute atomic E-state index is 0.112. The van der Waals surface area contributed by atoms with Crippen LogP contribution in [0.5, 0.6) is 5.75 Å². The van der Waals surface area contributed by atoms with Crippen molar-refractivity contribution < 1.29 is 9.53 Å². The topological polar surface area (TPSA) is 32.8 Å². The van der Waals surface area contributed by atoms with Crippen molar-refractivity contribution in [1.82, 2.24) is 4.90 Å². The van der Waals surface area contributed by atoms with Gasteiger partial charge in [-0.1, -0.05) is 13.0 Å². The Labute approximate surface area is 150 Å². The molecule has 3 heterocycles. The van der Waals surface area contributed by atoms with Gasteiger partial charge in [0.25, 0.3) is 0 Å². The fraction of sp³-hybridized carbons (Fsp3) is 0.667. The van der Waals surface area contributed by atoms with Gasteiger partial charge in [0.05, 0.1) is 7.11 Å². The van der Waals surface area contributed by atoms with E-state index in [0.29, 0.717) is 24.3 Å². The molecule has 0 unspecified atom stereocenters. The number of hydrogen-bond donors (Lipinski definition) is 0. The van der Waals surface area contributed by atoms with Crippen LogP contribution >= 0.6 is 0 Å². The lowest BCUT2D eigenvalue weighted by atomic mass is 9.51. The molecule has 0 N–H and O–H groups in total. The maximum absolute atomic E-state index is 13.4. The molecule has 4 atom stereocenters. The number of anilines is 1. The van der Waals surface area contributed by atoms with Crippen molar-refractivity contribution in [2.24, 2.45) is 5.41 Å². The van der Waals surface area contributed by atoms with E-state index in [9.17, 15) is 4.79 Å². The summed E-state index contributed by atoms with van der Waals surface area (Å²) in [6.07, 6.45) is 5.11. The van der Waals surface area contributed by atoms with Crippen LogP contribution in [0.2, 0.25) is 0 Å². The molecule has 1 aromatic carbocycles. The largest absolute Gasteiger partial charge is 0.497 e. The van der Waals surface area contributed by atoms with E-state index < -0.39 is 0 Å². The highest BCUT2D eigenvalue weighted by molar-refractivity contribution is 5.90. The predicted octanol–water partition coefficient (Wildman–Crippen LogP) is 2.99. The quantitative estimate of drug-likeness (QED) is 0.829. The Hall–Kier alpha value is -1.55. The molecule has 25 heavy (non-hydrogen) atoms. The fourth-order valence-electron chi connectivity index (χ4n) is 6.94. The lowest BCUT2D eigenvalue weighted by Crippen LogP contribution is -2.67. The Balaban J connectivity index is 1.74. The third kappa shape index (κ3) is 1.65. The zero-order chi connectivity index (χ0) is 17.4. The second-order valence-electron chi connectivity index (χ2n) is 8.48. The summed E-state index contributed by atoms with van der Waals surface area (Å²) in [6, 6.07) is 7.25. The number of methoxy groups -OCH3 is 1. The Kier molecular flexibility index (Phi) is 3.14. The molecule has 0 radical (unpaired) electrons. The zero-order valence-electron chi connectivity index (χ0n) is 15.5. The summed E-state index contributed by atoms with van der Waals surface area (Å²) < 4.78 is 5.48. The average molecular weight is 340 g/mol. The van der Waals surface area contributed by atoms with Gasteiger partial charge in [0.15, 0.2) is 0 Å². The van der Waals surface area contributed by atoms with E-state index in [1.54, 1.807) is 7.11 Å². The molecule has 3 aliphatic heterocycles. The summed E-state index contributed by atoms with van der Waals surface area (Å²) in [4.78, 5) is 18.4. The molecule has 1 saturated carbocycles. The summed E-state index contributed by atoms with van der Waals surface area (Å²) in [5, 5.41) is 0. The Morgan fingerprint density at radius 3 is 2.88 bits per heavy atom. The van der Waals surface area contributed by atoms with E-state index >= 15 is 0 Å². The number of fused-ring (bicyclic) bond motifs is 1. The number of ether oxygens (including phenoxy) is 1. The first-order valence-corrected chi connectivity index (χ1v) is 9.77. The number of piperidine rings is 1.